The molecule has 0 aliphatic rings. The first-order valence-corrected chi connectivity index (χ1v) is 5.69. The van der Waals surface area contributed by atoms with E-state index in [0.717, 1.165) is 17.7 Å². The van der Waals surface area contributed by atoms with Crippen LogP contribution >= 0.6 is 15.9 Å². The van der Waals surface area contributed by atoms with E-state index >= 15 is 0 Å². The summed E-state index contributed by atoms with van der Waals surface area (Å²) in [5.74, 6) is 0. The summed E-state index contributed by atoms with van der Waals surface area (Å²) in [5, 5.41) is 0. The van der Waals surface area contributed by atoms with Gasteiger partial charge in [0.2, 0.25) is 0 Å². The van der Waals surface area contributed by atoms with Crippen LogP contribution in [0.4, 0.5) is 13.2 Å². The molecule has 0 atom stereocenters. The third-order valence-electron chi connectivity index (χ3n) is 2.33. The lowest BCUT2D eigenvalue weighted by Gasteiger charge is -2.10. The van der Waals surface area contributed by atoms with E-state index in [9.17, 15) is 13.2 Å². The highest BCUT2D eigenvalue weighted by Gasteiger charge is 2.31. The van der Waals surface area contributed by atoms with Gasteiger partial charge in [-0.05, 0) is 29.3 Å². The predicted octanol–water partition coefficient (Wildman–Crippen LogP) is 5.13. The van der Waals surface area contributed by atoms with E-state index in [4.69, 9.17) is 0 Å². The topological polar surface area (TPSA) is 0 Å². The molecule has 4 heteroatoms. The van der Waals surface area contributed by atoms with Crippen molar-refractivity contribution < 1.29 is 13.2 Å². The lowest BCUT2D eigenvalue weighted by atomic mass is 10.0. The van der Waals surface area contributed by atoms with Gasteiger partial charge in [0.05, 0.1) is 5.56 Å². The summed E-state index contributed by atoms with van der Waals surface area (Å²) in [7, 11) is 0. The average Bonchev–Trinajstić information content (AvgIpc) is 2.28. The molecule has 0 amide bonds. The molecule has 2 aromatic rings. The van der Waals surface area contributed by atoms with Crippen LogP contribution in [0.1, 0.15) is 5.56 Å². The van der Waals surface area contributed by atoms with Gasteiger partial charge in [0.25, 0.3) is 0 Å². The Hall–Kier alpha value is -1.29. The van der Waals surface area contributed by atoms with Gasteiger partial charge in [-0.1, -0.05) is 46.3 Å². The maximum Gasteiger partial charge on any atom is 0.416 e. The largest absolute Gasteiger partial charge is 0.416 e. The van der Waals surface area contributed by atoms with Crippen molar-refractivity contribution in [2.24, 2.45) is 0 Å². The number of rotatable bonds is 1. The Labute approximate surface area is 105 Å². The van der Waals surface area contributed by atoms with Gasteiger partial charge < -0.3 is 0 Å². The average molecular weight is 301 g/mol. The first-order chi connectivity index (χ1) is 7.97. The molecule has 0 unspecified atom stereocenters. The maximum atomic E-state index is 12.6. The molecule has 0 bridgehead atoms. The standard InChI is InChI=1S/C13H8BrF3/c14-12-7-10(9-4-2-1-3-5-9)6-11(8-12)13(15,16)17/h1-8H. The Kier molecular flexibility index (Phi) is 3.24. The van der Waals surface area contributed by atoms with Crippen molar-refractivity contribution in [2.45, 2.75) is 6.18 Å². The molecule has 2 rings (SSSR count). The number of halogens is 4. The van der Waals surface area contributed by atoms with E-state index in [0.29, 0.717) is 10.0 Å². The van der Waals surface area contributed by atoms with Crippen LogP contribution in [-0.4, -0.2) is 0 Å². The molecule has 0 spiro atoms. The molecule has 0 N–H and O–H groups in total. The van der Waals surface area contributed by atoms with E-state index in [1.807, 2.05) is 6.07 Å². The quantitative estimate of drug-likeness (QED) is 0.684. The van der Waals surface area contributed by atoms with Crippen molar-refractivity contribution in [3.8, 4) is 11.1 Å². The SMILES string of the molecule is FC(F)(F)c1cc(Br)cc(-c2ccccc2)c1. The summed E-state index contributed by atoms with van der Waals surface area (Å²) in [6.07, 6.45) is -4.33. The molecule has 0 nitrogen and oxygen atoms in total. The van der Waals surface area contributed by atoms with Crippen LogP contribution < -0.4 is 0 Å². The maximum absolute atomic E-state index is 12.6. The second-order valence-electron chi connectivity index (χ2n) is 3.59. The van der Waals surface area contributed by atoms with Gasteiger partial charge in [-0.15, -0.1) is 0 Å². The third-order valence-corrected chi connectivity index (χ3v) is 2.79. The molecule has 0 aliphatic carbocycles. The molecule has 0 aromatic heterocycles. The minimum Gasteiger partial charge on any atom is -0.166 e. The highest BCUT2D eigenvalue weighted by molar-refractivity contribution is 9.10. The smallest absolute Gasteiger partial charge is 0.166 e. The van der Waals surface area contributed by atoms with Crippen LogP contribution in [0.2, 0.25) is 0 Å². The Morgan fingerprint density at radius 1 is 0.824 bits per heavy atom. The van der Waals surface area contributed by atoms with Crippen molar-refractivity contribution >= 4 is 15.9 Å². The van der Waals surface area contributed by atoms with Crippen LogP contribution in [-0.2, 0) is 6.18 Å². The van der Waals surface area contributed by atoms with Gasteiger partial charge in [0.15, 0.2) is 0 Å². The van der Waals surface area contributed by atoms with Gasteiger partial charge in [-0.3, -0.25) is 0 Å². The summed E-state index contributed by atoms with van der Waals surface area (Å²) in [6.45, 7) is 0. The molecule has 0 radical (unpaired) electrons. The van der Waals surface area contributed by atoms with Crippen LogP contribution in [0.5, 0.6) is 0 Å². The minimum atomic E-state index is -4.33. The van der Waals surface area contributed by atoms with Crippen molar-refractivity contribution in [1.82, 2.24) is 0 Å². The second-order valence-corrected chi connectivity index (χ2v) is 4.51. The lowest BCUT2D eigenvalue weighted by molar-refractivity contribution is -0.137. The zero-order valence-corrected chi connectivity index (χ0v) is 10.2. The van der Waals surface area contributed by atoms with Crippen LogP contribution in [0.25, 0.3) is 11.1 Å². The Morgan fingerprint density at radius 2 is 1.47 bits per heavy atom. The highest BCUT2D eigenvalue weighted by atomic mass is 79.9. The van der Waals surface area contributed by atoms with E-state index in [1.165, 1.54) is 0 Å². The summed E-state index contributed by atoms with van der Waals surface area (Å²) < 4.78 is 38.4. The molecular formula is C13H8BrF3. The number of alkyl halides is 3. The van der Waals surface area contributed by atoms with E-state index in [2.05, 4.69) is 15.9 Å². The van der Waals surface area contributed by atoms with E-state index < -0.39 is 11.7 Å². The Balaban J connectivity index is 2.54. The minimum absolute atomic E-state index is 0.422. The fourth-order valence-corrected chi connectivity index (χ4v) is 2.04. The zero-order chi connectivity index (χ0) is 12.5. The molecule has 0 saturated heterocycles. The monoisotopic (exact) mass is 300 g/mol. The molecule has 2 aromatic carbocycles. The zero-order valence-electron chi connectivity index (χ0n) is 8.63. The van der Waals surface area contributed by atoms with Crippen molar-refractivity contribution in [1.29, 1.82) is 0 Å². The van der Waals surface area contributed by atoms with Gasteiger partial charge in [-0.25, -0.2) is 0 Å². The van der Waals surface area contributed by atoms with Crippen molar-refractivity contribution in [3.63, 3.8) is 0 Å². The van der Waals surface area contributed by atoms with Gasteiger partial charge in [0, 0.05) is 4.47 Å². The third kappa shape index (κ3) is 2.88. The summed E-state index contributed by atoms with van der Waals surface area (Å²) in [4.78, 5) is 0. The fraction of sp³-hybridized carbons (Fsp3) is 0.0769. The predicted molar refractivity (Wildman–Crippen MR) is 64.6 cm³/mol. The molecule has 0 saturated carbocycles. The summed E-state index contributed by atoms with van der Waals surface area (Å²) in [5.41, 5.74) is 0.664. The van der Waals surface area contributed by atoms with E-state index in [1.54, 1.807) is 30.3 Å². The molecule has 88 valence electrons. The van der Waals surface area contributed by atoms with Gasteiger partial charge in [-0.2, -0.15) is 13.2 Å². The van der Waals surface area contributed by atoms with Crippen molar-refractivity contribution in [3.05, 3.63) is 58.6 Å². The summed E-state index contributed by atoms with van der Waals surface area (Å²) in [6, 6.07) is 12.9. The first kappa shape index (κ1) is 12.2. The molecule has 0 fully saturated rings. The Morgan fingerprint density at radius 3 is 2.06 bits per heavy atom. The van der Waals surface area contributed by atoms with Gasteiger partial charge >= 0.3 is 6.18 Å². The normalized spacial score (nSPS) is 11.5. The summed E-state index contributed by atoms with van der Waals surface area (Å²) >= 11 is 3.10. The molecule has 0 heterocycles. The van der Waals surface area contributed by atoms with Crippen LogP contribution in [0.3, 0.4) is 0 Å². The molecular weight excluding hydrogens is 293 g/mol. The second kappa shape index (κ2) is 4.53. The van der Waals surface area contributed by atoms with E-state index in [-0.39, 0.29) is 0 Å². The lowest BCUT2D eigenvalue weighted by Crippen LogP contribution is -2.04. The number of hydrogen-bond acceptors (Lipinski definition) is 0. The number of benzene rings is 2. The van der Waals surface area contributed by atoms with Gasteiger partial charge in [0.1, 0.15) is 0 Å². The first-order valence-electron chi connectivity index (χ1n) is 4.90. The molecule has 0 aliphatic heterocycles. The van der Waals surface area contributed by atoms with Crippen LogP contribution in [0.15, 0.2) is 53.0 Å². The molecule has 17 heavy (non-hydrogen) atoms. The van der Waals surface area contributed by atoms with Crippen molar-refractivity contribution in [2.75, 3.05) is 0 Å². The number of hydrogen-bond donors (Lipinski definition) is 0. The van der Waals surface area contributed by atoms with Crippen LogP contribution in [0, 0.1) is 0 Å². The fourth-order valence-electron chi connectivity index (χ4n) is 1.55. The highest BCUT2D eigenvalue weighted by Crippen LogP contribution is 2.34. The Bertz CT molecular complexity index is 518.